The second-order valence-corrected chi connectivity index (χ2v) is 3.80. The van der Waals surface area contributed by atoms with Crippen molar-refractivity contribution < 1.29 is 4.79 Å². The Labute approximate surface area is 99.2 Å². The minimum Gasteiger partial charge on any atom is -0.382 e. The van der Waals surface area contributed by atoms with Crippen LogP contribution in [0.3, 0.4) is 0 Å². The van der Waals surface area contributed by atoms with Crippen LogP contribution in [-0.4, -0.2) is 15.7 Å². The number of para-hydroxylation sites is 1. The molecule has 0 unspecified atom stereocenters. The van der Waals surface area contributed by atoms with Crippen molar-refractivity contribution in [3.63, 3.8) is 0 Å². The molecule has 2 rings (SSSR count). The third-order valence-electron chi connectivity index (χ3n) is 2.39. The van der Waals surface area contributed by atoms with E-state index in [0.717, 1.165) is 11.3 Å². The average Bonchev–Trinajstić information content (AvgIpc) is 2.67. The molecule has 88 valence electrons. The van der Waals surface area contributed by atoms with Gasteiger partial charge in [0, 0.05) is 11.9 Å². The molecule has 5 nitrogen and oxygen atoms in total. The van der Waals surface area contributed by atoms with Gasteiger partial charge in [-0.15, -0.1) is 0 Å². The molecule has 0 aliphatic rings. The van der Waals surface area contributed by atoms with Gasteiger partial charge in [-0.1, -0.05) is 18.2 Å². The molecule has 3 N–H and O–H groups in total. The highest BCUT2D eigenvalue weighted by Gasteiger charge is 2.05. The van der Waals surface area contributed by atoms with E-state index < -0.39 is 0 Å². The summed E-state index contributed by atoms with van der Waals surface area (Å²) in [5, 5.41) is 6.78. The number of rotatable bonds is 3. The Morgan fingerprint density at radius 3 is 2.82 bits per heavy atom. The fourth-order valence-electron chi connectivity index (χ4n) is 1.52. The number of benzene rings is 1. The molecular weight excluding hydrogens is 216 g/mol. The number of carbonyl (C=O) groups excluding carboxylic acids is 1. The first-order valence-electron chi connectivity index (χ1n) is 5.29. The number of amides is 1. The maximum Gasteiger partial charge on any atom is 0.246 e. The predicted molar refractivity (Wildman–Crippen MR) is 66.4 cm³/mol. The summed E-state index contributed by atoms with van der Waals surface area (Å²) in [6.07, 6.45) is 1.67. The summed E-state index contributed by atoms with van der Waals surface area (Å²) >= 11 is 0. The Hall–Kier alpha value is -2.30. The number of nitrogens with zero attached hydrogens (tertiary/aromatic N) is 2. The molecule has 0 radical (unpaired) electrons. The third-order valence-corrected chi connectivity index (χ3v) is 2.39. The zero-order chi connectivity index (χ0) is 12.3. The van der Waals surface area contributed by atoms with Crippen LogP contribution in [0.5, 0.6) is 0 Å². The van der Waals surface area contributed by atoms with Crippen LogP contribution in [-0.2, 0) is 11.3 Å². The van der Waals surface area contributed by atoms with Crippen molar-refractivity contribution in [2.45, 2.75) is 13.5 Å². The van der Waals surface area contributed by atoms with Crippen LogP contribution < -0.4 is 11.1 Å². The highest BCUT2D eigenvalue weighted by Crippen LogP contribution is 2.12. The molecule has 0 fully saturated rings. The number of carbonyl (C=O) groups is 1. The summed E-state index contributed by atoms with van der Waals surface area (Å²) in [5.41, 5.74) is 7.31. The molecule has 0 spiro atoms. The van der Waals surface area contributed by atoms with Gasteiger partial charge in [0.15, 0.2) is 0 Å². The fourth-order valence-corrected chi connectivity index (χ4v) is 1.52. The van der Waals surface area contributed by atoms with Crippen molar-refractivity contribution in [1.82, 2.24) is 9.78 Å². The van der Waals surface area contributed by atoms with E-state index in [4.69, 9.17) is 5.73 Å². The summed E-state index contributed by atoms with van der Waals surface area (Å²) in [6.45, 7) is 2.10. The number of hydrogen-bond donors (Lipinski definition) is 2. The van der Waals surface area contributed by atoms with Crippen molar-refractivity contribution >= 4 is 17.4 Å². The van der Waals surface area contributed by atoms with Crippen molar-refractivity contribution in [2.75, 3.05) is 11.1 Å². The largest absolute Gasteiger partial charge is 0.382 e. The van der Waals surface area contributed by atoms with E-state index in [9.17, 15) is 4.79 Å². The molecule has 0 aliphatic heterocycles. The Bertz CT molecular complexity index is 533. The SMILES string of the molecule is Cc1ccccc1NC(=O)Cn1ccc(N)n1. The van der Waals surface area contributed by atoms with Gasteiger partial charge < -0.3 is 11.1 Å². The lowest BCUT2D eigenvalue weighted by molar-refractivity contribution is -0.116. The summed E-state index contributed by atoms with van der Waals surface area (Å²) in [4.78, 5) is 11.7. The zero-order valence-corrected chi connectivity index (χ0v) is 9.55. The minimum absolute atomic E-state index is 0.123. The topological polar surface area (TPSA) is 72.9 Å². The molecule has 5 heteroatoms. The van der Waals surface area contributed by atoms with Gasteiger partial charge in [0.25, 0.3) is 0 Å². The van der Waals surface area contributed by atoms with Crippen LogP contribution in [0.15, 0.2) is 36.5 Å². The Kier molecular flexibility index (Phi) is 3.09. The summed E-state index contributed by atoms with van der Waals surface area (Å²) in [7, 11) is 0. The lowest BCUT2D eigenvalue weighted by Gasteiger charge is -2.07. The van der Waals surface area contributed by atoms with E-state index in [2.05, 4.69) is 10.4 Å². The second-order valence-electron chi connectivity index (χ2n) is 3.80. The molecule has 0 bridgehead atoms. The number of aromatic nitrogens is 2. The van der Waals surface area contributed by atoms with Crippen molar-refractivity contribution in [3.05, 3.63) is 42.1 Å². The van der Waals surface area contributed by atoms with Gasteiger partial charge in [-0.05, 0) is 24.6 Å². The molecule has 0 saturated carbocycles. The van der Waals surface area contributed by atoms with E-state index in [-0.39, 0.29) is 12.5 Å². The predicted octanol–water partition coefficient (Wildman–Crippen LogP) is 1.41. The first-order chi connectivity index (χ1) is 8.15. The molecular formula is C12H14N4O. The molecule has 1 amide bonds. The number of anilines is 2. The van der Waals surface area contributed by atoms with E-state index in [0.29, 0.717) is 5.82 Å². The molecule has 1 aromatic heterocycles. The standard InChI is InChI=1S/C12H14N4O/c1-9-4-2-3-5-10(9)14-12(17)8-16-7-6-11(13)15-16/h2-7H,8H2,1H3,(H2,13,15)(H,14,17). The van der Waals surface area contributed by atoms with E-state index in [1.807, 2.05) is 31.2 Å². The van der Waals surface area contributed by atoms with E-state index >= 15 is 0 Å². The monoisotopic (exact) mass is 230 g/mol. The smallest absolute Gasteiger partial charge is 0.246 e. The molecule has 2 aromatic rings. The first-order valence-corrected chi connectivity index (χ1v) is 5.29. The molecule has 0 aliphatic carbocycles. The van der Waals surface area contributed by atoms with Crippen LogP contribution in [0.2, 0.25) is 0 Å². The van der Waals surface area contributed by atoms with Crippen LogP contribution in [0.1, 0.15) is 5.56 Å². The van der Waals surface area contributed by atoms with Crippen molar-refractivity contribution in [3.8, 4) is 0 Å². The molecule has 1 aromatic carbocycles. The Morgan fingerprint density at radius 2 is 2.18 bits per heavy atom. The van der Waals surface area contributed by atoms with Crippen LogP contribution in [0.4, 0.5) is 11.5 Å². The number of aryl methyl sites for hydroxylation is 1. The van der Waals surface area contributed by atoms with Gasteiger partial charge in [0.05, 0.1) is 0 Å². The lowest BCUT2D eigenvalue weighted by Crippen LogP contribution is -2.19. The summed E-state index contributed by atoms with van der Waals surface area (Å²) in [6, 6.07) is 9.28. The van der Waals surface area contributed by atoms with Crippen molar-refractivity contribution in [1.29, 1.82) is 0 Å². The second kappa shape index (κ2) is 4.69. The van der Waals surface area contributed by atoms with Crippen molar-refractivity contribution in [2.24, 2.45) is 0 Å². The Morgan fingerprint density at radius 1 is 1.41 bits per heavy atom. The summed E-state index contributed by atoms with van der Waals surface area (Å²) in [5.74, 6) is 0.288. The maximum absolute atomic E-state index is 11.7. The summed E-state index contributed by atoms with van der Waals surface area (Å²) < 4.78 is 1.50. The number of nitrogen functional groups attached to an aromatic ring is 1. The third kappa shape index (κ3) is 2.84. The molecule has 1 heterocycles. The van der Waals surface area contributed by atoms with E-state index in [1.165, 1.54) is 4.68 Å². The Balaban J connectivity index is 2.01. The lowest BCUT2D eigenvalue weighted by atomic mass is 10.2. The zero-order valence-electron chi connectivity index (χ0n) is 9.55. The average molecular weight is 230 g/mol. The van der Waals surface area contributed by atoms with Gasteiger partial charge in [0.2, 0.25) is 5.91 Å². The highest BCUT2D eigenvalue weighted by atomic mass is 16.2. The van der Waals surface area contributed by atoms with Crippen LogP contribution in [0, 0.1) is 6.92 Å². The van der Waals surface area contributed by atoms with Crippen LogP contribution in [0.25, 0.3) is 0 Å². The van der Waals surface area contributed by atoms with Gasteiger partial charge in [-0.3, -0.25) is 9.48 Å². The maximum atomic E-state index is 11.7. The normalized spacial score (nSPS) is 10.2. The molecule has 0 atom stereocenters. The fraction of sp³-hybridized carbons (Fsp3) is 0.167. The van der Waals surface area contributed by atoms with Gasteiger partial charge in [0.1, 0.15) is 12.4 Å². The first kappa shape index (κ1) is 11.2. The van der Waals surface area contributed by atoms with Gasteiger partial charge in [-0.25, -0.2) is 0 Å². The van der Waals surface area contributed by atoms with Gasteiger partial charge >= 0.3 is 0 Å². The number of nitrogens with one attached hydrogen (secondary N) is 1. The highest BCUT2D eigenvalue weighted by molar-refractivity contribution is 5.91. The van der Waals surface area contributed by atoms with Gasteiger partial charge in [-0.2, -0.15) is 5.10 Å². The molecule has 0 saturated heterocycles. The number of hydrogen-bond acceptors (Lipinski definition) is 3. The molecule has 17 heavy (non-hydrogen) atoms. The van der Waals surface area contributed by atoms with Crippen LogP contribution >= 0.6 is 0 Å². The van der Waals surface area contributed by atoms with E-state index in [1.54, 1.807) is 12.3 Å². The minimum atomic E-state index is -0.123. The quantitative estimate of drug-likeness (QED) is 0.837. The number of nitrogens with two attached hydrogens (primary N) is 1.